The molecule has 0 saturated carbocycles. The van der Waals surface area contributed by atoms with Crippen LogP contribution >= 0.6 is 11.6 Å². The molecule has 2 amide bonds. The minimum absolute atomic E-state index is 0.00314. The molecule has 2 heterocycles. The van der Waals surface area contributed by atoms with Crippen LogP contribution in [0.15, 0.2) is 48.7 Å². The van der Waals surface area contributed by atoms with Gasteiger partial charge in [-0.15, -0.1) is 0 Å². The summed E-state index contributed by atoms with van der Waals surface area (Å²) >= 11 is 5.96. The Morgan fingerprint density at radius 3 is 2.73 bits per heavy atom. The Morgan fingerprint density at radius 1 is 1.15 bits per heavy atom. The third-order valence-electron chi connectivity index (χ3n) is 4.32. The number of halogens is 1. The number of carbonyl (C=O) groups excluding carboxylic acids is 2. The molecule has 1 aromatic heterocycles. The monoisotopic (exact) mass is 372 g/mol. The van der Waals surface area contributed by atoms with E-state index in [2.05, 4.69) is 15.6 Å². The minimum Gasteiger partial charge on any atom is -0.326 e. The topological polar surface area (TPSA) is 74.3 Å². The molecular formula is C19H21ClN4O2. The number of anilines is 2. The van der Waals surface area contributed by atoms with Crippen LogP contribution in [-0.4, -0.2) is 41.3 Å². The van der Waals surface area contributed by atoms with E-state index in [1.807, 2.05) is 35.2 Å². The van der Waals surface area contributed by atoms with Gasteiger partial charge >= 0.3 is 0 Å². The van der Waals surface area contributed by atoms with Gasteiger partial charge < -0.3 is 10.6 Å². The molecule has 1 aromatic carbocycles. The highest BCUT2D eigenvalue weighted by atomic mass is 35.5. The molecule has 7 heteroatoms. The number of pyridine rings is 1. The number of hydrogen-bond acceptors (Lipinski definition) is 4. The van der Waals surface area contributed by atoms with Gasteiger partial charge in [0.2, 0.25) is 11.8 Å². The number of piperidine rings is 1. The van der Waals surface area contributed by atoms with E-state index in [0.29, 0.717) is 12.2 Å². The van der Waals surface area contributed by atoms with Crippen LogP contribution in [0.5, 0.6) is 0 Å². The number of para-hydroxylation sites is 1. The normalized spacial score (nSPS) is 17.5. The highest BCUT2D eigenvalue weighted by Gasteiger charge is 2.27. The third kappa shape index (κ3) is 5.03. The first-order valence-electron chi connectivity index (χ1n) is 8.60. The van der Waals surface area contributed by atoms with Crippen molar-refractivity contribution >= 4 is 34.8 Å². The van der Waals surface area contributed by atoms with E-state index in [0.717, 1.165) is 25.1 Å². The Balaban J connectivity index is 1.52. The third-order valence-corrected chi connectivity index (χ3v) is 4.62. The van der Waals surface area contributed by atoms with Crippen LogP contribution in [0.1, 0.15) is 12.8 Å². The smallest absolute Gasteiger partial charge is 0.238 e. The van der Waals surface area contributed by atoms with E-state index in [9.17, 15) is 9.59 Å². The largest absolute Gasteiger partial charge is 0.326 e. The summed E-state index contributed by atoms with van der Waals surface area (Å²) in [6, 6.07) is 12.8. The van der Waals surface area contributed by atoms with E-state index in [4.69, 9.17) is 11.6 Å². The lowest BCUT2D eigenvalue weighted by Crippen LogP contribution is -2.44. The molecule has 1 saturated heterocycles. The maximum absolute atomic E-state index is 12.5. The Hall–Kier alpha value is -2.44. The second-order valence-corrected chi connectivity index (χ2v) is 6.68. The number of likely N-dealkylation sites (tertiary alicyclic amines) is 1. The van der Waals surface area contributed by atoms with E-state index in [1.54, 1.807) is 18.3 Å². The van der Waals surface area contributed by atoms with Crippen LogP contribution in [0.4, 0.5) is 11.4 Å². The average molecular weight is 373 g/mol. The molecule has 2 aromatic rings. The molecule has 0 unspecified atom stereocenters. The van der Waals surface area contributed by atoms with Gasteiger partial charge in [0.25, 0.3) is 0 Å². The zero-order chi connectivity index (χ0) is 18.4. The molecule has 0 spiro atoms. The van der Waals surface area contributed by atoms with Crippen LogP contribution in [0.2, 0.25) is 5.15 Å². The van der Waals surface area contributed by atoms with E-state index < -0.39 is 0 Å². The average Bonchev–Trinajstić information content (AvgIpc) is 2.64. The minimum atomic E-state index is -0.163. The maximum Gasteiger partial charge on any atom is 0.238 e. The quantitative estimate of drug-likeness (QED) is 0.791. The number of benzene rings is 1. The number of rotatable bonds is 5. The first-order chi connectivity index (χ1) is 12.6. The number of nitrogens with one attached hydrogen (secondary N) is 2. The molecule has 1 atom stereocenters. The zero-order valence-corrected chi connectivity index (χ0v) is 15.1. The fourth-order valence-electron chi connectivity index (χ4n) is 3.05. The number of carbonyl (C=O) groups is 2. The van der Waals surface area contributed by atoms with Gasteiger partial charge in [0.15, 0.2) is 5.15 Å². The molecule has 0 aliphatic carbocycles. The molecule has 1 aliphatic heterocycles. The molecule has 26 heavy (non-hydrogen) atoms. The molecule has 136 valence electrons. The summed E-state index contributed by atoms with van der Waals surface area (Å²) < 4.78 is 0. The lowest BCUT2D eigenvalue weighted by Gasteiger charge is -2.31. The predicted octanol–water partition coefficient (Wildman–Crippen LogP) is 3.02. The molecule has 0 radical (unpaired) electrons. The number of aromatic nitrogens is 1. The first-order valence-corrected chi connectivity index (χ1v) is 8.98. The van der Waals surface area contributed by atoms with Crippen molar-refractivity contribution in [2.45, 2.75) is 12.8 Å². The van der Waals surface area contributed by atoms with Crippen LogP contribution in [0, 0.1) is 5.92 Å². The number of nitrogens with zero attached hydrogens (tertiary/aromatic N) is 2. The molecule has 1 fully saturated rings. The van der Waals surface area contributed by atoms with Gasteiger partial charge in [-0.3, -0.25) is 14.5 Å². The molecule has 0 bridgehead atoms. The maximum atomic E-state index is 12.5. The summed E-state index contributed by atoms with van der Waals surface area (Å²) in [4.78, 5) is 30.7. The van der Waals surface area contributed by atoms with Gasteiger partial charge in [-0.1, -0.05) is 29.8 Å². The second kappa shape index (κ2) is 8.78. The Bertz CT molecular complexity index is 769. The second-order valence-electron chi connectivity index (χ2n) is 6.32. The van der Waals surface area contributed by atoms with Gasteiger partial charge in [0.05, 0.1) is 18.2 Å². The standard InChI is InChI=1S/C19H21ClN4O2/c20-18-16(9-4-10-21-18)23-17(25)13-24-11-5-6-14(12-24)19(26)22-15-7-2-1-3-8-15/h1-4,7-10,14H,5-6,11-13H2,(H,22,26)(H,23,25)/t14-/m0/s1. The molecule has 6 nitrogen and oxygen atoms in total. The van der Waals surface area contributed by atoms with Gasteiger partial charge in [-0.05, 0) is 43.7 Å². The Labute approximate surface area is 157 Å². The summed E-state index contributed by atoms with van der Waals surface area (Å²) in [5.41, 5.74) is 1.29. The first kappa shape index (κ1) is 18.4. The molecular weight excluding hydrogens is 352 g/mol. The van der Waals surface area contributed by atoms with Crippen LogP contribution in [0.3, 0.4) is 0 Å². The van der Waals surface area contributed by atoms with Crippen molar-refractivity contribution in [1.29, 1.82) is 0 Å². The molecule has 3 rings (SSSR count). The lowest BCUT2D eigenvalue weighted by atomic mass is 9.97. The van der Waals surface area contributed by atoms with Gasteiger partial charge in [0.1, 0.15) is 0 Å². The summed E-state index contributed by atoms with van der Waals surface area (Å²) in [5.74, 6) is -0.292. The highest BCUT2D eigenvalue weighted by molar-refractivity contribution is 6.32. The SMILES string of the molecule is O=C(CN1CCC[C@H](C(=O)Nc2ccccc2)C1)Nc1cccnc1Cl. The summed E-state index contributed by atoms with van der Waals surface area (Å²) in [6.07, 6.45) is 3.28. The predicted molar refractivity (Wildman–Crippen MR) is 102 cm³/mol. The van der Waals surface area contributed by atoms with Gasteiger partial charge in [-0.25, -0.2) is 4.98 Å². The van der Waals surface area contributed by atoms with E-state index in [1.165, 1.54) is 0 Å². The molecule has 1 aliphatic rings. The van der Waals surface area contributed by atoms with Crippen molar-refractivity contribution in [3.8, 4) is 0 Å². The summed E-state index contributed by atoms with van der Waals surface area (Å²) in [5, 5.41) is 5.97. The van der Waals surface area contributed by atoms with Crippen LogP contribution in [-0.2, 0) is 9.59 Å². The number of amides is 2. The van der Waals surface area contributed by atoms with Crippen LogP contribution < -0.4 is 10.6 Å². The summed E-state index contributed by atoms with van der Waals surface area (Å²) in [7, 11) is 0. The van der Waals surface area contributed by atoms with Crippen molar-refractivity contribution in [2.75, 3.05) is 30.3 Å². The Morgan fingerprint density at radius 2 is 1.96 bits per heavy atom. The fourth-order valence-corrected chi connectivity index (χ4v) is 3.22. The van der Waals surface area contributed by atoms with Crippen LogP contribution in [0.25, 0.3) is 0 Å². The fraction of sp³-hybridized carbons (Fsp3) is 0.316. The Kier molecular flexibility index (Phi) is 6.20. The van der Waals surface area contributed by atoms with Crippen molar-refractivity contribution in [2.24, 2.45) is 5.92 Å². The number of hydrogen-bond donors (Lipinski definition) is 2. The van der Waals surface area contributed by atoms with Crippen molar-refractivity contribution in [3.63, 3.8) is 0 Å². The lowest BCUT2D eigenvalue weighted by molar-refractivity contribution is -0.123. The van der Waals surface area contributed by atoms with E-state index >= 15 is 0 Å². The highest BCUT2D eigenvalue weighted by Crippen LogP contribution is 2.20. The van der Waals surface area contributed by atoms with Crippen molar-refractivity contribution < 1.29 is 9.59 Å². The van der Waals surface area contributed by atoms with Crippen molar-refractivity contribution in [1.82, 2.24) is 9.88 Å². The summed E-state index contributed by atoms with van der Waals surface area (Å²) in [6.45, 7) is 1.58. The molecule has 2 N–H and O–H groups in total. The zero-order valence-electron chi connectivity index (χ0n) is 14.3. The van der Waals surface area contributed by atoms with Crippen molar-refractivity contribution in [3.05, 3.63) is 53.8 Å². The van der Waals surface area contributed by atoms with Gasteiger partial charge in [-0.2, -0.15) is 0 Å². The van der Waals surface area contributed by atoms with E-state index in [-0.39, 0.29) is 29.4 Å². The van der Waals surface area contributed by atoms with Gasteiger partial charge in [0, 0.05) is 18.4 Å².